The van der Waals surface area contributed by atoms with Crippen LogP contribution in [0.3, 0.4) is 0 Å². The van der Waals surface area contributed by atoms with Crippen LogP contribution in [0.5, 0.6) is 5.75 Å². The molecule has 4 rings (SSSR count). The van der Waals surface area contributed by atoms with Crippen molar-refractivity contribution in [3.63, 3.8) is 0 Å². The van der Waals surface area contributed by atoms with Crippen molar-refractivity contribution in [2.24, 2.45) is 5.73 Å². The first-order valence-corrected chi connectivity index (χ1v) is 11.0. The first-order valence-electron chi connectivity index (χ1n) is 11.0. The van der Waals surface area contributed by atoms with Crippen molar-refractivity contribution in [2.45, 2.75) is 46.1 Å². The summed E-state index contributed by atoms with van der Waals surface area (Å²) >= 11 is 0. The fourth-order valence-electron chi connectivity index (χ4n) is 4.52. The third-order valence-electron chi connectivity index (χ3n) is 6.09. The second-order valence-corrected chi connectivity index (χ2v) is 8.26. The lowest BCUT2D eigenvalue weighted by Crippen LogP contribution is -2.11. The molecule has 31 heavy (non-hydrogen) atoms. The quantitative estimate of drug-likeness (QED) is 0.360. The number of benzene rings is 3. The van der Waals surface area contributed by atoms with E-state index in [9.17, 15) is 4.79 Å². The molecule has 2 N–H and O–H groups in total. The number of primary amides is 1. The van der Waals surface area contributed by atoms with Gasteiger partial charge in [-0.1, -0.05) is 50.1 Å². The molecule has 0 bridgehead atoms. The Morgan fingerprint density at radius 1 is 1.00 bits per heavy atom. The number of carbonyl (C=O) groups excluding carboxylic acids is 1. The minimum Gasteiger partial charge on any atom is -0.496 e. The second-order valence-electron chi connectivity index (χ2n) is 8.26. The molecule has 4 heteroatoms. The lowest BCUT2D eigenvalue weighted by molar-refractivity contribution is 0.100. The number of methoxy groups -OCH3 is 1. The Bertz CT molecular complexity index is 1250. The number of nitrogens with two attached hydrogens (primary N) is 1. The van der Waals surface area contributed by atoms with Gasteiger partial charge in [0.15, 0.2) is 0 Å². The molecule has 1 amide bonds. The van der Waals surface area contributed by atoms with Crippen LogP contribution in [0.25, 0.3) is 21.8 Å². The zero-order chi connectivity index (χ0) is 22.0. The lowest BCUT2D eigenvalue weighted by Gasteiger charge is -2.11. The second kappa shape index (κ2) is 8.84. The predicted molar refractivity (Wildman–Crippen MR) is 128 cm³/mol. The molecule has 0 aliphatic carbocycles. The minimum atomic E-state index is -0.392. The molecule has 0 saturated heterocycles. The minimum absolute atomic E-state index is 0.392. The third-order valence-corrected chi connectivity index (χ3v) is 6.09. The van der Waals surface area contributed by atoms with Crippen LogP contribution >= 0.6 is 0 Å². The molecule has 4 nitrogen and oxygen atoms in total. The predicted octanol–water partition coefficient (Wildman–Crippen LogP) is 5.99. The van der Waals surface area contributed by atoms with Gasteiger partial charge in [0, 0.05) is 28.4 Å². The highest BCUT2D eigenvalue weighted by Gasteiger charge is 2.17. The van der Waals surface area contributed by atoms with Crippen LogP contribution in [-0.4, -0.2) is 17.6 Å². The highest BCUT2D eigenvalue weighted by atomic mass is 16.5. The van der Waals surface area contributed by atoms with E-state index in [1.807, 2.05) is 18.2 Å². The molecule has 0 saturated carbocycles. The van der Waals surface area contributed by atoms with Gasteiger partial charge >= 0.3 is 0 Å². The first-order chi connectivity index (χ1) is 15.0. The van der Waals surface area contributed by atoms with Crippen molar-refractivity contribution in [3.05, 3.63) is 76.9 Å². The number of ether oxygens (including phenoxy) is 1. The van der Waals surface area contributed by atoms with Crippen LogP contribution in [0.2, 0.25) is 0 Å². The van der Waals surface area contributed by atoms with Crippen molar-refractivity contribution >= 4 is 27.7 Å². The summed E-state index contributed by atoms with van der Waals surface area (Å²) < 4.78 is 7.73. The van der Waals surface area contributed by atoms with Crippen molar-refractivity contribution in [1.29, 1.82) is 0 Å². The smallest absolute Gasteiger partial charge is 0.249 e. The highest BCUT2D eigenvalue weighted by molar-refractivity contribution is 6.18. The van der Waals surface area contributed by atoms with Crippen molar-refractivity contribution in [3.8, 4) is 5.75 Å². The van der Waals surface area contributed by atoms with E-state index in [1.54, 1.807) is 7.11 Å². The summed E-state index contributed by atoms with van der Waals surface area (Å²) in [5, 5.41) is 2.02. The molecule has 1 heterocycles. The molecule has 4 aromatic rings. The summed E-state index contributed by atoms with van der Waals surface area (Å²) in [4.78, 5) is 12.2. The Hall–Kier alpha value is -3.27. The summed E-state index contributed by atoms with van der Waals surface area (Å²) in [5.74, 6) is 0.497. The molecule has 0 unspecified atom stereocenters. The van der Waals surface area contributed by atoms with Crippen LogP contribution in [-0.2, 0) is 13.0 Å². The van der Waals surface area contributed by atoms with Crippen LogP contribution in [0, 0.1) is 6.92 Å². The largest absolute Gasteiger partial charge is 0.496 e. The Morgan fingerprint density at radius 2 is 1.81 bits per heavy atom. The van der Waals surface area contributed by atoms with Crippen LogP contribution < -0.4 is 10.5 Å². The summed E-state index contributed by atoms with van der Waals surface area (Å²) in [6.45, 7) is 5.00. The Morgan fingerprint density at radius 3 is 2.52 bits per heavy atom. The van der Waals surface area contributed by atoms with E-state index in [4.69, 9.17) is 10.5 Å². The molecule has 0 spiro atoms. The standard InChI is InChI=1S/C27H30N2O2/c1-4-5-6-8-19-11-13-21-24(16-19)29(17-20-12-14-25(31-3)18(2)15-20)23-10-7-9-22(26(21)23)27(28)30/h7,9-16H,4-6,8,17H2,1-3H3,(H2,28,30). The number of aryl methyl sites for hydroxylation is 2. The monoisotopic (exact) mass is 414 g/mol. The van der Waals surface area contributed by atoms with Crippen LogP contribution in [0.4, 0.5) is 0 Å². The fourth-order valence-corrected chi connectivity index (χ4v) is 4.52. The maximum atomic E-state index is 12.2. The number of aromatic nitrogens is 1. The normalized spacial score (nSPS) is 11.3. The number of amides is 1. The van der Waals surface area contributed by atoms with E-state index < -0.39 is 5.91 Å². The average Bonchev–Trinajstić information content (AvgIpc) is 3.07. The Kier molecular flexibility index (Phi) is 5.99. The molecular formula is C27H30N2O2. The Labute approximate surface area is 183 Å². The van der Waals surface area contributed by atoms with Gasteiger partial charge < -0.3 is 15.0 Å². The number of hydrogen-bond acceptors (Lipinski definition) is 2. The van der Waals surface area contributed by atoms with Gasteiger partial charge in [0.05, 0.1) is 12.6 Å². The van der Waals surface area contributed by atoms with Gasteiger partial charge in [-0.05, 0) is 60.7 Å². The molecule has 0 fully saturated rings. The van der Waals surface area contributed by atoms with Gasteiger partial charge in [-0.3, -0.25) is 4.79 Å². The number of hydrogen-bond donors (Lipinski definition) is 1. The van der Waals surface area contributed by atoms with E-state index in [0.717, 1.165) is 39.5 Å². The maximum Gasteiger partial charge on any atom is 0.249 e. The number of unbranched alkanes of at least 4 members (excludes halogenated alkanes) is 2. The third kappa shape index (κ3) is 4.02. The summed E-state index contributed by atoms with van der Waals surface area (Å²) in [5.41, 5.74) is 12.1. The lowest BCUT2D eigenvalue weighted by atomic mass is 10.0. The summed E-state index contributed by atoms with van der Waals surface area (Å²) in [6.07, 6.45) is 4.70. The fraction of sp³-hybridized carbons (Fsp3) is 0.296. The van der Waals surface area contributed by atoms with E-state index in [1.165, 1.54) is 30.4 Å². The van der Waals surface area contributed by atoms with E-state index in [-0.39, 0.29) is 0 Å². The van der Waals surface area contributed by atoms with Crippen LogP contribution in [0.1, 0.15) is 53.2 Å². The van der Waals surface area contributed by atoms with Gasteiger partial charge in [0.25, 0.3) is 0 Å². The number of nitrogens with zero attached hydrogens (tertiary/aromatic N) is 1. The summed E-state index contributed by atoms with van der Waals surface area (Å²) in [6, 6.07) is 18.7. The van der Waals surface area contributed by atoms with E-state index in [0.29, 0.717) is 12.1 Å². The van der Waals surface area contributed by atoms with E-state index >= 15 is 0 Å². The Balaban J connectivity index is 1.89. The molecular weight excluding hydrogens is 384 g/mol. The molecule has 1 aromatic heterocycles. The molecule has 160 valence electrons. The molecule has 0 atom stereocenters. The zero-order valence-electron chi connectivity index (χ0n) is 18.6. The number of carbonyl (C=O) groups is 1. The van der Waals surface area contributed by atoms with Gasteiger partial charge in [-0.25, -0.2) is 0 Å². The SMILES string of the molecule is CCCCCc1ccc2c3c(C(N)=O)cccc3n(Cc3ccc(OC)c(C)c3)c2c1. The summed E-state index contributed by atoms with van der Waals surface area (Å²) in [7, 11) is 1.69. The van der Waals surface area contributed by atoms with Crippen molar-refractivity contribution < 1.29 is 9.53 Å². The molecule has 0 radical (unpaired) electrons. The van der Waals surface area contributed by atoms with Gasteiger partial charge in [-0.15, -0.1) is 0 Å². The number of fused-ring (bicyclic) bond motifs is 3. The van der Waals surface area contributed by atoms with Gasteiger partial charge in [0.1, 0.15) is 5.75 Å². The molecule has 0 aliphatic rings. The first kappa shape index (κ1) is 21.0. The molecule has 3 aromatic carbocycles. The number of rotatable bonds is 8. The highest BCUT2D eigenvalue weighted by Crippen LogP contribution is 2.33. The zero-order valence-corrected chi connectivity index (χ0v) is 18.6. The van der Waals surface area contributed by atoms with Crippen molar-refractivity contribution in [2.75, 3.05) is 7.11 Å². The maximum absolute atomic E-state index is 12.2. The van der Waals surface area contributed by atoms with Crippen LogP contribution in [0.15, 0.2) is 54.6 Å². The van der Waals surface area contributed by atoms with E-state index in [2.05, 4.69) is 54.8 Å². The molecule has 0 aliphatic heterocycles. The average molecular weight is 415 g/mol. The van der Waals surface area contributed by atoms with Crippen molar-refractivity contribution in [1.82, 2.24) is 4.57 Å². The van der Waals surface area contributed by atoms with Gasteiger partial charge in [0.2, 0.25) is 5.91 Å². The topological polar surface area (TPSA) is 57.2 Å². The van der Waals surface area contributed by atoms with Gasteiger partial charge in [-0.2, -0.15) is 0 Å².